The highest BCUT2D eigenvalue weighted by molar-refractivity contribution is 5.77. The summed E-state index contributed by atoms with van der Waals surface area (Å²) in [6.45, 7) is 7.86. The number of hydrogen-bond acceptors (Lipinski definition) is 5. The van der Waals surface area contributed by atoms with Crippen LogP contribution >= 0.6 is 0 Å². The average molecular weight is 271 g/mol. The summed E-state index contributed by atoms with van der Waals surface area (Å²) in [5.74, 6) is 0.0431. The van der Waals surface area contributed by atoms with Gasteiger partial charge in [0.2, 0.25) is 5.91 Å². The molecule has 2 heterocycles. The first-order valence-electron chi connectivity index (χ1n) is 6.90. The first-order valence-corrected chi connectivity index (χ1v) is 6.90. The summed E-state index contributed by atoms with van der Waals surface area (Å²) in [4.78, 5) is 15.9. The lowest BCUT2D eigenvalue weighted by molar-refractivity contribution is -0.125. The van der Waals surface area contributed by atoms with Crippen molar-refractivity contribution < 1.29 is 14.6 Å². The normalized spacial score (nSPS) is 29.3. The Labute approximate surface area is 114 Å². The Morgan fingerprint density at radius 3 is 2.84 bits per heavy atom. The molecule has 0 aromatic rings. The van der Waals surface area contributed by atoms with E-state index in [9.17, 15) is 9.90 Å². The molecule has 0 aromatic heterocycles. The van der Waals surface area contributed by atoms with Crippen molar-refractivity contribution in [1.29, 1.82) is 0 Å². The van der Waals surface area contributed by atoms with Gasteiger partial charge in [-0.2, -0.15) is 0 Å². The fraction of sp³-hybridized carbons (Fsp3) is 0.923. The van der Waals surface area contributed by atoms with Crippen LogP contribution in [0, 0.1) is 0 Å². The summed E-state index contributed by atoms with van der Waals surface area (Å²) >= 11 is 0. The second-order valence-corrected chi connectivity index (χ2v) is 6.13. The van der Waals surface area contributed by atoms with Gasteiger partial charge in [0.05, 0.1) is 30.9 Å². The summed E-state index contributed by atoms with van der Waals surface area (Å²) in [6.07, 6.45) is 0.153. The molecule has 2 saturated heterocycles. The molecular formula is C13H25N3O3. The Balaban J connectivity index is 1.94. The molecule has 19 heavy (non-hydrogen) atoms. The summed E-state index contributed by atoms with van der Waals surface area (Å²) < 4.78 is 5.80. The molecule has 110 valence electrons. The Hall–Kier alpha value is -0.690. The Kier molecular flexibility index (Phi) is 4.45. The number of amides is 1. The third kappa shape index (κ3) is 3.89. The zero-order valence-electron chi connectivity index (χ0n) is 12.1. The van der Waals surface area contributed by atoms with Crippen LogP contribution in [0.4, 0.5) is 0 Å². The second-order valence-electron chi connectivity index (χ2n) is 6.13. The Bertz CT molecular complexity index is 330. The van der Waals surface area contributed by atoms with Crippen molar-refractivity contribution in [2.75, 3.05) is 46.4 Å². The van der Waals surface area contributed by atoms with Crippen molar-refractivity contribution in [1.82, 2.24) is 15.1 Å². The van der Waals surface area contributed by atoms with E-state index in [2.05, 4.69) is 15.1 Å². The number of hydrogen-bond donors (Lipinski definition) is 2. The molecule has 2 atom stereocenters. The van der Waals surface area contributed by atoms with Crippen LogP contribution in [0.3, 0.4) is 0 Å². The van der Waals surface area contributed by atoms with Crippen LogP contribution in [0.2, 0.25) is 0 Å². The molecule has 0 spiro atoms. The Morgan fingerprint density at radius 1 is 1.47 bits per heavy atom. The predicted octanol–water partition coefficient (Wildman–Crippen LogP) is -1.11. The van der Waals surface area contributed by atoms with Gasteiger partial charge >= 0.3 is 0 Å². The topological polar surface area (TPSA) is 65.0 Å². The minimum absolute atomic E-state index is 0.0431. The van der Waals surface area contributed by atoms with Gasteiger partial charge in [-0.3, -0.25) is 14.6 Å². The number of carbonyl (C=O) groups is 1. The van der Waals surface area contributed by atoms with Crippen molar-refractivity contribution in [2.24, 2.45) is 0 Å². The van der Waals surface area contributed by atoms with Gasteiger partial charge in [0.15, 0.2) is 0 Å². The predicted molar refractivity (Wildman–Crippen MR) is 71.9 cm³/mol. The maximum Gasteiger partial charge on any atom is 0.233 e. The third-order valence-corrected chi connectivity index (χ3v) is 3.73. The highest BCUT2D eigenvalue weighted by Gasteiger charge is 2.41. The van der Waals surface area contributed by atoms with Crippen LogP contribution in [-0.4, -0.2) is 84.9 Å². The maximum absolute atomic E-state index is 11.5. The number of nitrogens with zero attached hydrogens (tertiary/aromatic N) is 2. The number of nitrogens with one attached hydrogen (secondary N) is 1. The maximum atomic E-state index is 11.5. The molecule has 0 bridgehead atoms. The third-order valence-electron chi connectivity index (χ3n) is 3.73. The lowest BCUT2D eigenvalue weighted by Gasteiger charge is -2.36. The molecule has 6 nitrogen and oxygen atoms in total. The van der Waals surface area contributed by atoms with Gasteiger partial charge in [-0.15, -0.1) is 0 Å². The molecule has 2 aliphatic rings. The lowest BCUT2D eigenvalue weighted by Crippen LogP contribution is -2.53. The van der Waals surface area contributed by atoms with Gasteiger partial charge in [0, 0.05) is 33.2 Å². The van der Waals surface area contributed by atoms with Crippen molar-refractivity contribution in [3.8, 4) is 0 Å². The highest BCUT2D eigenvalue weighted by atomic mass is 16.5. The summed E-state index contributed by atoms with van der Waals surface area (Å²) in [5, 5.41) is 12.6. The summed E-state index contributed by atoms with van der Waals surface area (Å²) in [6, 6.07) is 0.258. The minimum atomic E-state index is -0.695. The van der Waals surface area contributed by atoms with E-state index in [-0.39, 0.29) is 18.1 Å². The summed E-state index contributed by atoms with van der Waals surface area (Å²) in [5.41, 5.74) is -0.695. The first kappa shape index (κ1) is 14.7. The van der Waals surface area contributed by atoms with Crippen LogP contribution in [0.15, 0.2) is 0 Å². The highest BCUT2D eigenvalue weighted by Crippen LogP contribution is 2.23. The molecule has 0 aliphatic carbocycles. The first-order chi connectivity index (χ1) is 8.89. The van der Waals surface area contributed by atoms with E-state index in [1.54, 1.807) is 7.05 Å². The molecule has 2 aliphatic heterocycles. The average Bonchev–Trinajstić information content (AvgIpc) is 2.69. The standard InChI is InChI=1S/C13H25N3O3/c1-13(2,18)9-15-6-10-11(7-15)19-5-4-16(10)8-12(17)14-3/h10-11,18H,4-9H2,1-3H3,(H,14,17)/t10-,11+/m1/s1. The monoisotopic (exact) mass is 271 g/mol. The molecule has 0 saturated carbocycles. The smallest absolute Gasteiger partial charge is 0.233 e. The van der Waals surface area contributed by atoms with Crippen molar-refractivity contribution in [3.05, 3.63) is 0 Å². The molecular weight excluding hydrogens is 246 g/mol. The summed E-state index contributed by atoms with van der Waals surface area (Å²) in [7, 11) is 1.66. The number of aliphatic hydroxyl groups is 1. The zero-order chi connectivity index (χ0) is 14.0. The SMILES string of the molecule is CNC(=O)CN1CCO[C@H]2CN(CC(C)(C)O)C[C@H]21. The molecule has 0 radical (unpaired) electrons. The van der Waals surface area contributed by atoms with Crippen LogP contribution in [0.5, 0.6) is 0 Å². The van der Waals surface area contributed by atoms with Gasteiger partial charge in [0.25, 0.3) is 0 Å². The number of ether oxygens (including phenoxy) is 1. The van der Waals surface area contributed by atoms with Gasteiger partial charge < -0.3 is 15.2 Å². The molecule has 1 amide bonds. The van der Waals surface area contributed by atoms with E-state index in [1.165, 1.54) is 0 Å². The van der Waals surface area contributed by atoms with E-state index in [1.807, 2.05) is 13.8 Å². The number of carbonyl (C=O) groups excluding carboxylic acids is 1. The molecule has 2 N–H and O–H groups in total. The fourth-order valence-electron chi connectivity index (χ4n) is 2.97. The Morgan fingerprint density at radius 2 is 2.21 bits per heavy atom. The lowest BCUT2D eigenvalue weighted by atomic mass is 10.1. The van der Waals surface area contributed by atoms with Crippen LogP contribution in [-0.2, 0) is 9.53 Å². The molecule has 2 rings (SSSR count). The van der Waals surface area contributed by atoms with Gasteiger partial charge in [0.1, 0.15) is 0 Å². The van der Waals surface area contributed by atoms with Crippen LogP contribution < -0.4 is 5.32 Å². The number of morpholine rings is 1. The van der Waals surface area contributed by atoms with E-state index in [0.29, 0.717) is 19.7 Å². The number of likely N-dealkylation sites (N-methyl/N-ethyl adjacent to an activating group) is 1. The molecule has 6 heteroatoms. The van der Waals surface area contributed by atoms with E-state index >= 15 is 0 Å². The largest absolute Gasteiger partial charge is 0.389 e. The number of rotatable bonds is 4. The van der Waals surface area contributed by atoms with E-state index < -0.39 is 5.60 Å². The molecule has 0 unspecified atom stereocenters. The van der Waals surface area contributed by atoms with Gasteiger partial charge in [-0.05, 0) is 13.8 Å². The number of fused-ring (bicyclic) bond motifs is 1. The van der Waals surface area contributed by atoms with E-state index in [0.717, 1.165) is 19.6 Å². The number of β-amino-alcohol motifs (C(OH)–C–C–N with tert-alkyl or cyclic N) is 1. The van der Waals surface area contributed by atoms with Gasteiger partial charge in [-0.1, -0.05) is 0 Å². The van der Waals surface area contributed by atoms with Crippen LogP contribution in [0.25, 0.3) is 0 Å². The molecule has 2 fully saturated rings. The zero-order valence-corrected chi connectivity index (χ0v) is 12.1. The van der Waals surface area contributed by atoms with E-state index in [4.69, 9.17) is 4.74 Å². The fourth-order valence-corrected chi connectivity index (χ4v) is 2.97. The van der Waals surface area contributed by atoms with Crippen molar-refractivity contribution in [2.45, 2.75) is 31.6 Å². The van der Waals surface area contributed by atoms with Gasteiger partial charge in [-0.25, -0.2) is 0 Å². The quantitative estimate of drug-likeness (QED) is 0.679. The second kappa shape index (κ2) is 5.75. The van der Waals surface area contributed by atoms with Crippen LogP contribution in [0.1, 0.15) is 13.8 Å². The molecule has 0 aromatic carbocycles. The van der Waals surface area contributed by atoms with Crippen molar-refractivity contribution in [3.63, 3.8) is 0 Å². The van der Waals surface area contributed by atoms with Crippen molar-refractivity contribution >= 4 is 5.91 Å². The minimum Gasteiger partial charge on any atom is -0.389 e. The number of likely N-dealkylation sites (tertiary alicyclic amines) is 1.